The summed E-state index contributed by atoms with van der Waals surface area (Å²) in [4.78, 5) is 7.95. The van der Waals surface area contributed by atoms with Gasteiger partial charge in [-0.25, -0.2) is 0 Å². The molecule has 0 radical (unpaired) electrons. The normalized spacial score (nSPS) is 12.5. The Morgan fingerprint density at radius 1 is 1.20 bits per heavy atom. The minimum Gasteiger partial charge on any atom is -0.396 e. The number of para-hydroxylation sites is 1. The Labute approximate surface area is 122 Å². The average Bonchev–Trinajstić information content (AvgIpc) is 3.00. The molecule has 1 atom stereocenters. The summed E-state index contributed by atoms with van der Waals surface area (Å²) in [7, 11) is 2.09. The smallest absolute Gasteiger partial charge is 0.0745 e. The molecule has 0 fully saturated rings. The Balaban J connectivity index is 2.11. The van der Waals surface area contributed by atoms with Crippen molar-refractivity contribution in [1.29, 1.82) is 0 Å². The van der Waals surface area contributed by atoms with Crippen LogP contribution in [0.25, 0.3) is 10.9 Å². The van der Waals surface area contributed by atoms with Gasteiger partial charge in [0.2, 0.25) is 0 Å². The molecule has 2 N–H and O–H groups in total. The van der Waals surface area contributed by atoms with Gasteiger partial charge in [0.05, 0.1) is 29.1 Å². The number of nitrogen functional groups attached to an aromatic ring is 1. The second kappa shape index (κ2) is 5.13. The number of aromatic nitrogens is 1. The zero-order valence-electron chi connectivity index (χ0n) is 11.6. The quantitative estimate of drug-likeness (QED) is 0.787. The van der Waals surface area contributed by atoms with Crippen molar-refractivity contribution >= 4 is 33.6 Å². The van der Waals surface area contributed by atoms with Gasteiger partial charge in [-0.1, -0.05) is 24.3 Å². The molecule has 102 valence electrons. The van der Waals surface area contributed by atoms with E-state index < -0.39 is 0 Å². The second-order valence-corrected chi connectivity index (χ2v) is 5.86. The van der Waals surface area contributed by atoms with Gasteiger partial charge in [-0.15, -0.1) is 11.3 Å². The molecule has 4 heteroatoms. The van der Waals surface area contributed by atoms with E-state index in [1.165, 1.54) is 4.88 Å². The maximum absolute atomic E-state index is 6.18. The minimum atomic E-state index is 0.281. The van der Waals surface area contributed by atoms with Crippen molar-refractivity contribution in [1.82, 2.24) is 4.98 Å². The number of nitrogens with two attached hydrogens (primary N) is 1. The average molecular weight is 283 g/mol. The molecule has 0 aliphatic carbocycles. The predicted molar refractivity (Wildman–Crippen MR) is 87.3 cm³/mol. The van der Waals surface area contributed by atoms with Gasteiger partial charge >= 0.3 is 0 Å². The standard InChI is InChI=1S/C16H17N3S/c1-11(15-8-5-9-20-15)19(2)16-12-6-3-4-7-14(12)18-10-13(16)17/h3-11H,17H2,1-2H3. The van der Waals surface area contributed by atoms with Crippen LogP contribution in [0.4, 0.5) is 11.4 Å². The third-order valence-corrected chi connectivity index (χ3v) is 4.71. The summed E-state index contributed by atoms with van der Waals surface area (Å²) >= 11 is 1.77. The van der Waals surface area contributed by atoms with E-state index in [9.17, 15) is 0 Å². The fraction of sp³-hybridized carbons (Fsp3) is 0.188. The first-order valence-electron chi connectivity index (χ1n) is 6.58. The number of fused-ring (bicyclic) bond motifs is 1. The lowest BCUT2D eigenvalue weighted by Gasteiger charge is -2.28. The van der Waals surface area contributed by atoms with Gasteiger partial charge in [-0.3, -0.25) is 4.98 Å². The molecule has 2 heterocycles. The molecule has 20 heavy (non-hydrogen) atoms. The van der Waals surface area contributed by atoms with E-state index in [-0.39, 0.29) is 6.04 Å². The van der Waals surface area contributed by atoms with Crippen LogP contribution in [-0.2, 0) is 0 Å². The molecule has 3 nitrogen and oxygen atoms in total. The molecule has 0 saturated heterocycles. The van der Waals surface area contributed by atoms with Gasteiger partial charge in [0.1, 0.15) is 0 Å². The highest BCUT2D eigenvalue weighted by atomic mass is 32.1. The van der Waals surface area contributed by atoms with Gasteiger partial charge in [-0.2, -0.15) is 0 Å². The lowest BCUT2D eigenvalue weighted by Crippen LogP contribution is -2.22. The monoisotopic (exact) mass is 283 g/mol. The third kappa shape index (κ3) is 2.12. The topological polar surface area (TPSA) is 42.1 Å². The number of hydrogen-bond acceptors (Lipinski definition) is 4. The number of anilines is 2. The molecular formula is C16H17N3S. The highest BCUT2D eigenvalue weighted by Gasteiger charge is 2.18. The molecule has 1 aromatic carbocycles. The van der Waals surface area contributed by atoms with Crippen molar-refractivity contribution in [3.63, 3.8) is 0 Å². The van der Waals surface area contributed by atoms with E-state index in [4.69, 9.17) is 5.73 Å². The zero-order valence-corrected chi connectivity index (χ0v) is 12.4. The van der Waals surface area contributed by atoms with E-state index in [0.29, 0.717) is 0 Å². The van der Waals surface area contributed by atoms with Crippen LogP contribution < -0.4 is 10.6 Å². The largest absolute Gasteiger partial charge is 0.396 e. The molecule has 0 aliphatic heterocycles. The van der Waals surface area contributed by atoms with Crippen molar-refractivity contribution in [2.24, 2.45) is 0 Å². The number of benzene rings is 1. The number of rotatable bonds is 3. The molecule has 0 amide bonds. The molecule has 0 saturated carbocycles. The SMILES string of the molecule is CC(c1cccs1)N(C)c1c(N)cnc2ccccc12. The van der Waals surface area contributed by atoms with Crippen LogP contribution in [-0.4, -0.2) is 12.0 Å². The maximum atomic E-state index is 6.18. The Kier molecular flexibility index (Phi) is 3.32. The number of nitrogens with zero attached hydrogens (tertiary/aromatic N) is 2. The molecule has 2 aromatic heterocycles. The summed E-state index contributed by atoms with van der Waals surface area (Å²) in [6.45, 7) is 2.19. The molecule has 0 spiro atoms. The Hall–Kier alpha value is -2.07. The molecule has 3 aromatic rings. The van der Waals surface area contributed by atoms with Crippen LogP contribution in [0.15, 0.2) is 48.0 Å². The van der Waals surface area contributed by atoms with E-state index in [1.807, 2.05) is 18.2 Å². The maximum Gasteiger partial charge on any atom is 0.0745 e. The highest BCUT2D eigenvalue weighted by molar-refractivity contribution is 7.10. The summed E-state index contributed by atoms with van der Waals surface area (Å²) in [6, 6.07) is 12.6. The Morgan fingerprint density at radius 2 is 2.00 bits per heavy atom. The van der Waals surface area contributed by atoms with Crippen LogP contribution in [0.1, 0.15) is 17.8 Å². The number of hydrogen-bond donors (Lipinski definition) is 1. The Bertz CT molecular complexity index is 722. The van der Waals surface area contributed by atoms with Gasteiger partial charge in [0, 0.05) is 17.3 Å². The van der Waals surface area contributed by atoms with Crippen LogP contribution in [0.3, 0.4) is 0 Å². The third-order valence-electron chi connectivity index (χ3n) is 3.66. The lowest BCUT2D eigenvalue weighted by molar-refractivity contribution is 0.757. The van der Waals surface area contributed by atoms with Crippen molar-refractivity contribution in [2.75, 3.05) is 17.7 Å². The van der Waals surface area contributed by atoms with Crippen molar-refractivity contribution in [3.8, 4) is 0 Å². The first kappa shape index (κ1) is 12.9. The molecule has 0 aliphatic rings. The molecule has 3 rings (SSSR count). The van der Waals surface area contributed by atoms with Crippen LogP contribution >= 0.6 is 11.3 Å². The van der Waals surface area contributed by atoms with Crippen molar-refractivity contribution in [3.05, 3.63) is 52.9 Å². The van der Waals surface area contributed by atoms with Crippen LogP contribution in [0, 0.1) is 0 Å². The summed E-state index contributed by atoms with van der Waals surface area (Å²) in [5.74, 6) is 0. The van der Waals surface area contributed by atoms with Gasteiger partial charge in [0.25, 0.3) is 0 Å². The molecular weight excluding hydrogens is 266 g/mol. The lowest BCUT2D eigenvalue weighted by atomic mass is 10.1. The van der Waals surface area contributed by atoms with E-state index >= 15 is 0 Å². The highest BCUT2D eigenvalue weighted by Crippen LogP contribution is 2.36. The Morgan fingerprint density at radius 3 is 2.75 bits per heavy atom. The number of pyridine rings is 1. The first-order valence-corrected chi connectivity index (χ1v) is 7.46. The first-order chi connectivity index (χ1) is 9.68. The van der Waals surface area contributed by atoms with Gasteiger partial charge < -0.3 is 10.6 Å². The van der Waals surface area contributed by atoms with Crippen molar-refractivity contribution in [2.45, 2.75) is 13.0 Å². The summed E-state index contributed by atoms with van der Waals surface area (Å²) < 4.78 is 0. The molecule has 1 unspecified atom stereocenters. The summed E-state index contributed by atoms with van der Waals surface area (Å²) in [5.41, 5.74) is 8.92. The summed E-state index contributed by atoms with van der Waals surface area (Å²) in [5, 5.41) is 3.20. The number of thiophene rings is 1. The second-order valence-electron chi connectivity index (χ2n) is 4.88. The zero-order chi connectivity index (χ0) is 14.1. The van der Waals surface area contributed by atoms with E-state index in [1.54, 1.807) is 17.5 Å². The minimum absolute atomic E-state index is 0.281. The fourth-order valence-corrected chi connectivity index (χ4v) is 3.28. The van der Waals surface area contributed by atoms with E-state index in [0.717, 1.165) is 22.3 Å². The molecule has 0 bridgehead atoms. The van der Waals surface area contributed by atoms with E-state index in [2.05, 4.69) is 47.4 Å². The van der Waals surface area contributed by atoms with Gasteiger partial charge in [-0.05, 0) is 24.4 Å². The van der Waals surface area contributed by atoms with Crippen molar-refractivity contribution < 1.29 is 0 Å². The van der Waals surface area contributed by atoms with Crippen LogP contribution in [0.5, 0.6) is 0 Å². The fourth-order valence-electron chi connectivity index (χ4n) is 2.45. The van der Waals surface area contributed by atoms with Crippen LogP contribution in [0.2, 0.25) is 0 Å². The predicted octanol–water partition coefficient (Wildman–Crippen LogP) is 4.08. The van der Waals surface area contributed by atoms with Gasteiger partial charge in [0.15, 0.2) is 0 Å². The summed E-state index contributed by atoms with van der Waals surface area (Å²) in [6.07, 6.45) is 1.75.